The van der Waals surface area contributed by atoms with E-state index in [0.29, 0.717) is 22.9 Å². The SMILES string of the molecule is COc1ccc(-c2n[nH]c3c2[C@H](c2ccc(OC)cc2OC)N(c2ccccc2)C3=O)cc1. The molecule has 0 saturated carbocycles. The Morgan fingerprint density at radius 2 is 1.55 bits per heavy atom. The van der Waals surface area contributed by atoms with Crippen molar-refractivity contribution in [1.82, 2.24) is 10.2 Å². The highest BCUT2D eigenvalue weighted by atomic mass is 16.5. The van der Waals surface area contributed by atoms with Crippen LogP contribution in [-0.4, -0.2) is 37.4 Å². The molecule has 1 amide bonds. The molecule has 2 heterocycles. The quantitative estimate of drug-likeness (QED) is 0.463. The Kier molecular flexibility index (Phi) is 5.22. The Balaban J connectivity index is 1.73. The maximum Gasteiger partial charge on any atom is 0.277 e. The summed E-state index contributed by atoms with van der Waals surface area (Å²) in [5.74, 6) is 1.91. The van der Waals surface area contributed by atoms with Crippen LogP contribution in [0.25, 0.3) is 11.3 Å². The number of nitrogens with one attached hydrogen (secondary N) is 1. The number of rotatable bonds is 6. The smallest absolute Gasteiger partial charge is 0.277 e. The Bertz CT molecular complexity index is 1300. The van der Waals surface area contributed by atoms with Gasteiger partial charge in [0.2, 0.25) is 0 Å². The Hall–Kier alpha value is -4.26. The van der Waals surface area contributed by atoms with Gasteiger partial charge in [-0.15, -0.1) is 0 Å². The second-order valence-corrected chi connectivity index (χ2v) is 7.61. The molecule has 7 heteroatoms. The number of carbonyl (C=O) groups excluding carboxylic acids is 1. The molecule has 1 atom stereocenters. The fourth-order valence-electron chi connectivity index (χ4n) is 4.31. The van der Waals surface area contributed by atoms with Gasteiger partial charge < -0.3 is 14.2 Å². The zero-order chi connectivity index (χ0) is 22.9. The van der Waals surface area contributed by atoms with Crippen LogP contribution in [0.15, 0.2) is 72.8 Å². The van der Waals surface area contributed by atoms with Crippen LogP contribution in [0.2, 0.25) is 0 Å². The third kappa shape index (κ3) is 3.38. The molecular formula is C26H23N3O4. The van der Waals surface area contributed by atoms with Gasteiger partial charge >= 0.3 is 0 Å². The van der Waals surface area contributed by atoms with Gasteiger partial charge in [0.15, 0.2) is 0 Å². The van der Waals surface area contributed by atoms with E-state index in [-0.39, 0.29) is 5.91 Å². The lowest BCUT2D eigenvalue weighted by molar-refractivity contribution is 0.0988. The first-order chi connectivity index (χ1) is 16.2. The number of para-hydroxylation sites is 1. The van der Waals surface area contributed by atoms with E-state index in [0.717, 1.165) is 28.1 Å². The van der Waals surface area contributed by atoms with E-state index in [1.54, 1.807) is 26.2 Å². The van der Waals surface area contributed by atoms with E-state index < -0.39 is 6.04 Å². The molecule has 3 aromatic carbocycles. The Labute approximate surface area is 191 Å². The molecule has 1 aliphatic rings. The number of ether oxygens (including phenoxy) is 3. The third-order valence-electron chi connectivity index (χ3n) is 5.90. The van der Waals surface area contributed by atoms with Gasteiger partial charge in [-0.05, 0) is 48.5 Å². The minimum absolute atomic E-state index is 0.147. The lowest BCUT2D eigenvalue weighted by atomic mass is 9.95. The van der Waals surface area contributed by atoms with E-state index in [1.165, 1.54) is 0 Å². The molecule has 33 heavy (non-hydrogen) atoms. The van der Waals surface area contributed by atoms with Crippen molar-refractivity contribution in [2.45, 2.75) is 6.04 Å². The summed E-state index contributed by atoms with van der Waals surface area (Å²) in [4.78, 5) is 15.4. The molecule has 0 unspecified atom stereocenters. The van der Waals surface area contributed by atoms with E-state index in [9.17, 15) is 4.79 Å². The van der Waals surface area contributed by atoms with E-state index in [1.807, 2.05) is 72.8 Å². The van der Waals surface area contributed by atoms with E-state index in [2.05, 4.69) is 10.2 Å². The highest BCUT2D eigenvalue weighted by Gasteiger charge is 2.44. The summed E-state index contributed by atoms with van der Waals surface area (Å²) < 4.78 is 16.4. The predicted octanol–water partition coefficient (Wildman–Crippen LogP) is 4.85. The highest BCUT2D eigenvalue weighted by molar-refractivity contribution is 6.11. The average Bonchev–Trinajstić information content (AvgIpc) is 3.43. The van der Waals surface area contributed by atoms with Crippen molar-refractivity contribution >= 4 is 11.6 Å². The molecule has 0 bridgehead atoms. The summed E-state index contributed by atoms with van der Waals surface area (Å²) in [5, 5.41) is 7.51. The lowest BCUT2D eigenvalue weighted by Crippen LogP contribution is -2.29. The normalized spacial score (nSPS) is 14.8. The molecule has 0 radical (unpaired) electrons. The Morgan fingerprint density at radius 1 is 0.848 bits per heavy atom. The molecule has 0 spiro atoms. The number of methoxy groups -OCH3 is 3. The molecule has 4 aromatic rings. The van der Waals surface area contributed by atoms with Crippen LogP contribution in [-0.2, 0) is 0 Å². The first kappa shape index (κ1) is 20.6. The number of nitrogens with zero attached hydrogens (tertiary/aromatic N) is 2. The molecule has 0 fully saturated rings. The van der Waals surface area contributed by atoms with Gasteiger partial charge in [-0.2, -0.15) is 5.10 Å². The maximum atomic E-state index is 13.6. The van der Waals surface area contributed by atoms with Crippen molar-refractivity contribution in [2.75, 3.05) is 26.2 Å². The molecule has 0 saturated heterocycles. The minimum Gasteiger partial charge on any atom is -0.497 e. The molecule has 0 aliphatic carbocycles. The summed E-state index contributed by atoms with van der Waals surface area (Å²) in [5.41, 5.74) is 4.49. The fraction of sp³-hybridized carbons (Fsp3) is 0.154. The van der Waals surface area contributed by atoms with Gasteiger partial charge in [0.05, 0.1) is 33.1 Å². The van der Waals surface area contributed by atoms with Crippen molar-refractivity contribution in [3.8, 4) is 28.5 Å². The number of aromatic amines is 1. The van der Waals surface area contributed by atoms with E-state index in [4.69, 9.17) is 14.2 Å². The monoisotopic (exact) mass is 441 g/mol. The molecule has 7 nitrogen and oxygen atoms in total. The number of carbonyl (C=O) groups is 1. The molecule has 1 aliphatic heterocycles. The van der Waals surface area contributed by atoms with Crippen molar-refractivity contribution < 1.29 is 19.0 Å². The topological polar surface area (TPSA) is 76.7 Å². The summed E-state index contributed by atoms with van der Waals surface area (Å²) in [6.45, 7) is 0. The molecule has 5 rings (SSSR count). The summed E-state index contributed by atoms with van der Waals surface area (Å²) >= 11 is 0. The molecule has 1 aromatic heterocycles. The molecular weight excluding hydrogens is 418 g/mol. The first-order valence-corrected chi connectivity index (χ1v) is 10.5. The number of hydrogen-bond acceptors (Lipinski definition) is 5. The van der Waals surface area contributed by atoms with Gasteiger partial charge in [-0.1, -0.05) is 18.2 Å². The van der Waals surface area contributed by atoms with Crippen LogP contribution in [0.1, 0.15) is 27.7 Å². The third-order valence-corrected chi connectivity index (χ3v) is 5.90. The number of hydrogen-bond donors (Lipinski definition) is 1. The van der Waals surface area contributed by atoms with Crippen molar-refractivity contribution in [3.63, 3.8) is 0 Å². The number of fused-ring (bicyclic) bond motifs is 1. The largest absolute Gasteiger partial charge is 0.497 e. The summed E-state index contributed by atoms with van der Waals surface area (Å²) in [6, 6.07) is 22.4. The van der Waals surface area contributed by atoms with E-state index >= 15 is 0 Å². The first-order valence-electron chi connectivity index (χ1n) is 10.5. The number of H-pyrrole nitrogens is 1. The van der Waals surface area contributed by atoms with Gasteiger partial charge in [0.1, 0.15) is 22.9 Å². The standard InChI is InChI=1S/C26H23N3O4/c1-31-18-11-9-16(10-12-18)23-22-24(28-27-23)26(30)29(17-7-5-4-6-8-17)25(22)20-14-13-19(32-2)15-21(20)33-3/h4-15,25H,1-3H3,(H,27,28)/t25-/m0/s1. The van der Waals surface area contributed by atoms with Gasteiger partial charge in [0.25, 0.3) is 5.91 Å². The number of benzene rings is 3. The van der Waals surface area contributed by atoms with Crippen LogP contribution in [0.5, 0.6) is 17.2 Å². The van der Waals surface area contributed by atoms with Gasteiger partial charge in [-0.25, -0.2) is 0 Å². The highest BCUT2D eigenvalue weighted by Crippen LogP contribution is 2.47. The second kappa shape index (κ2) is 8.35. The predicted molar refractivity (Wildman–Crippen MR) is 125 cm³/mol. The minimum atomic E-state index is -0.438. The number of anilines is 1. The maximum absolute atomic E-state index is 13.6. The van der Waals surface area contributed by atoms with Crippen LogP contribution in [0.4, 0.5) is 5.69 Å². The van der Waals surface area contributed by atoms with Crippen LogP contribution in [0.3, 0.4) is 0 Å². The Morgan fingerprint density at radius 3 is 2.21 bits per heavy atom. The van der Waals surface area contributed by atoms with Crippen molar-refractivity contribution in [3.05, 3.63) is 89.6 Å². The second-order valence-electron chi connectivity index (χ2n) is 7.61. The molecule has 166 valence electrons. The number of amides is 1. The zero-order valence-corrected chi connectivity index (χ0v) is 18.5. The lowest BCUT2D eigenvalue weighted by Gasteiger charge is -2.27. The van der Waals surface area contributed by atoms with Crippen LogP contribution >= 0.6 is 0 Å². The summed E-state index contributed by atoms with van der Waals surface area (Å²) in [7, 11) is 4.85. The molecule has 1 N–H and O–H groups in total. The van der Waals surface area contributed by atoms with Crippen LogP contribution in [0, 0.1) is 0 Å². The average molecular weight is 441 g/mol. The summed E-state index contributed by atoms with van der Waals surface area (Å²) in [6.07, 6.45) is 0. The number of aromatic nitrogens is 2. The van der Waals surface area contributed by atoms with Crippen molar-refractivity contribution in [2.24, 2.45) is 0 Å². The van der Waals surface area contributed by atoms with Gasteiger partial charge in [0, 0.05) is 28.4 Å². The fourth-order valence-corrected chi connectivity index (χ4v) is 4.31. The van der Waals surface area contributed by atoms with Gasteiger partial charge in [-0.3, -0.25) is 14.8 Å². The van der Waals surface area contributed by atoms with Crippen molar-refractivity contribution in [1.29, 1.82) is 0 Å². The van der Waals surface area contributed by atoms with Crippen LogP contribution < -0.4 is 19.1 Å². The zero-order valence-electron chi connectivity index (χ0n) is 18.5.